The van der Waals surface area contributed by atoms with Crippen molar-refractivity contribution in [3.05, 3.63) is 46.9 Å². The van der Waals surface area contributed by atoms with Crippen LogP contribution in [0.2, 0.25) is 0 Å². The van der Waals surface area contributed by atoms with Gasteiger partial charge in [-0.15, -0.1) is 0 Å². The third-order valence-corrected chi connectivity index (χ3v) is 5.93. The highest BCUT2D eigenvalue weighted by molar-refractivity contribution is 7.99. The normalized spacial score (nSPS) is 15.7. The van der Waals surface area contributed by atoms with Gasteiger partial charge in [0, 0.05) is 0 Å². The van der Waals surface area contributed by atoms with Gasteiger partial charge in [-0.05, 0) is 25.0 Å². The van der Waals surface area contributed by atoms with Crippen LogP contribution < -0.4 is 10.9 Å². The van der Waals surface area contributed by atoms with Gasteiger partial charge in [0.25, 0.3) is 5.56 Å². The minimum atomic E-state index is -0.771. The summed E-state index contributed by atoms with van der Waals surface area (Å²) < 4.78 is 1.60. The van der Waals surface area contributed by atoms with Crippen molar-refractivity contribution in [2.24, 2.45) is 0 Å². The van der Waals surface area contributed by atoms with Gasteiger partial charge in [0.05, 0.1) is 23.7 Å². The number of carbonyl (C=O) groups is 1. The number of thioether (sulfide) groups is 1. The second-order valence-electron chi connectivity index (χ2n) is 7.09. The van der Waals surface area contributed by atoms with E-state index in [0.29, 0.717) is 29.0 Å². The standard InChI is InChI=1S/C20H20N6O2S/c21-13-20(9-5-2-6-10-20)25-16(27)12-29-19-23-17-15(18(28)24-19)11-22-26(17)14-7-3-1-4-8-14/h1,3-4,7-8,11H,2,5-6,9-10,12H2,(H,25,27)(H,23,24,28). The van der Waals surface area contributed by atoms with Crippen LogP contribution in [0.5, 0.6) is 0 Å². The summed E-state index contributed by atoms with van der Waals surface area (Å²) in [6, 6.07) is 11.7. The van der Waals surface area contributed by atoms with Gasteiger partial charge < -0.3 is 10.3 Å². The zero-order valence-corrected chi connectivity index (χ0v) is 16.5. The van der Waals surface area contributed by atoms with Crippen molar-refractivity contribution in [2.75, 3.05) is 5.75 Å². The molecule has 3 aromatic rings. The number of aromatic amines is 1. The summed E-state index contributed by atoms with van der Waals surface area (Å²) >= 11 is 1.13. The molecule has 1 fully saturated rings. The lowest BCUT2D eigenvalue weighted by Gasteiger charge is -2.31. The van der Waals surface area contributed by atoms with Gasteiger partial charge in [0.1, 0.15) is 10.9 Å². The Morgan fingerprint density at radius 3 is 2.76 bits per heavy atom. The Morgan fingerprint density at radius 2 is 2.03 bits per heavy atom. The largest absolute Gasteiger partial charge is 0.337 e. The van der Waals surface area contributed by atoms with Gasteiger partial charge in [0.2, 0.25) is 5.91 Å². The Hall–Kier alpha value is -3.12. The SMILES string of the molecule is N#CC1(NC(=O)CSc2nc3c(cnn3-c3ccccc3)c(=O)[nH]2)CCCCC1. The number of hydrogen-bond acceptors (Lipinski definition) is 6. The van der Waals surface area contributed by atoms with Crippen LogP contribution in [0.3, 0.4) is 0 Å². The lowest BCUT2D eigenvalue weighted by atomic mass is 9.83. The summed E-state index contributed by atoms with van der Waals surface area (Å²) in [5, 5.41) is 17.4. The number of aromatic nitrogens is 4. The molecule has 2 aromatic heterocycles. The van der Waals surface area contributed by atoms with Gasteiger partial charge in [0.15, 0.2) is 10.8 Å². The molecule has 0 spiro atoms. The number of carbonyl (C=O) groups excluding carboxylic acids is 1. The van der Waals surface area contributed by atoms with Crippen LogP contribution in [-0.4, -0.2) is 36.9 Å². The molecule has 2 heterocycles. The Kier molecular flexibility index (Phi) is 5.36. The number of amides is 1. The molecule has 29 heavy (non-hydrogen) atoms. The molecule has 148 valence electrons. The summed E-state index contributed by atoms with van der Waals surface area (Å²) in [5.74, 6) is -0.171. The van der Waals surface area contributed by atoms with Crippen LogP contribution in [0, 0.1) is 11.3 Å². The van der Waals surface area contributed by atoms with E-state index in [2.05, 4.69) is 26.5 Å². The highest BCUT2D eigenvalue weighted by Crippen LogP contribution is 2.27. The van der Waals surface area contributed by atoms with E-state index >= 15 is 0 Å². The van der Waals surface area contributed by atoms with E-state index in [1.54, 1.807) is 4.68 Å². The molecule has 2 N–H and O–H groups in total. The minimum absolute atomic E-state index is 0.0668. The lowest BCUT2D eigenvalue weighted by Crippen LogP contribution is -2.49. The predicted molar refractivity (Wildman–Crippen MR) is 110 cm³/mol. The average Bonchev–Trinajstić information content (AvgIpc) is 3.18. The number of para-hydroxylation sites is 1. The Morgan fingerprint density at radius 1 is 1.28 bits per heavy atom. The van der Waals surface area contributed by atoms with Crippen molar-refractivity contribution < 1.29 is 4.79 Å². The molecule has 1 amide bonds. The molecule has 0 radical (unpaired) electrons. The first-order valence-corrected chi connectivity index (χ1v) is 10.5. The van der Waals surface area contributed by atoms with E-state index in [1.165, 1.54) is 6.20 Å². The zero-order chi connectivity index (χ0) is 20.3. The summed E-state index contributed by atoms with van der Waals surface area (Å²) in [6.07, 6.45) is 5.81. The van der Waals surface area contributed by atoms with Crippen molar-refractivity contribution in [1.29, 1.82) is 5.26 Å². The zero-order valence-electron chi connectivity index (χ0n) is 15.7. The molecule has 0 bridgehead atoms. The van der Waals surface area contributed by atoms with Gasteiger partial charge in [-0.1, -0.05) is 49.2 Å². The highest BCUT2D eigenvalue weighted by Gasteiger charge is 2.33. The first kappa shape index (κ1) is 19.2. The molecule has 1 aromatic carbocycles. The quantitative estimate of drug-likeness (QED) is 0.495. The topological polar surface area (TPSA) is 116 Å². The molecule has 0 unspecified atom stereocenters. The first-order valence-electron chi connectivity index (χ1n) is 9.49. The number of nitrogens with one attached hydrogen (secondary N) is 2. The van der Waals surface area contributed by atoms with Crippen LogP contribution in [0.25, 0.3) is 16.7 Å². The molecule has 0 aliphatic heterocycles. The van der Waals surface area contributed by atoms with Gasteiger partial charge >= 0.3 is 0 Å². The van der Waals surface area contributed by atoms with Gasteiger partial charge in [-0.25, -0.2) is 9.67 Å². The van der Waals surface area contributed by atoms with E-state index in [1.807, 2.05) is 30.3 Å². The Bertz CT molecular complexity index is 1130. The van der Waals surface area contributed by atoms with Crippen LogP contribution in [0.4, 0.5) is 0 Å². The summed E-state index contributed by atoms with van der Waals surface area (Å²) in [7, 11) is 0. The smallest absolute Gasteiger partial charge is 0.262 e. The van der Waals surface area contributed by atoms with E-state index in [9.17, 15) is 14.9 Å². The van der Waals surface area contributed by atoms with E-state index in [4.69, 9.17) is 0 Å². The predicted octanol–water partition coefficient (Wildman–Crippen LogP) is 2.54. The molecular weight excluding hydrogens is 388 g/mol. The molecule has 1 saturated carbocycles. The van der Waals surface area contributed by atoms with Gasteiger partial charge in [-0.2, -0.15) is 10.4 Å². The Labute approximate surface area is 171 Å². The Balaban J connectivity index is 1.52. The van der Waals surface area contributed by atoms with E-state index in [0.717, 1.165) is 36.7 Å². The second kappa shape index (κ2) is 8.09. The van der Waals surface area contributed by atoms with E-state index < -0.39 is 5.54 Å². The molecule has 8 nitrogen and oxygen atoms in total. The fourth-order valence-electron chi connectivity index (χ4n) is 3.58. The number of benzene rings is 1. The molecule has 1 aliphatic rings. The fraction of sp³-hybridized carbons (Fsp3) is 0.350. The number of fused-ring (bicyclic) bond motifs is 1. The fourth-order valence-corrected chi connectivity index (χ4v) is 4.24. The van der Waals surface area contributed by atoms with Crippen LogP contribution in [0.15, 0.2) is 46.5 Å². The maximum Gasteiger partial charge on any atom is 0.262 e. The molecule has 4 rings (SSSR count). The first-order chi connectivity index (χ1) is 14.1. The van der Waals surface area contributed by atoms with Crippen LogP contribution >= 0.6 is 11.8 Å². The van der Waals surface area contributed by atoms with Crippen molar-refractivity contribution in [1.82, 2.24) is 25.1 Å². The summed E-state index contributed by atoms with van der Waals surface area (Å²) in [6.45, 7) is 0. The number of hydrogen-bond donors (Lipinski definition) is 2. The molecule has 0 atom stereocenters. The maximum absolute atomic E-state index is 12.4. The van der Waals surface area contributed by atoms with Gasteiger partial charge in [-0.3, -0.25) is 9.59 Å². The second-order valence-corrected chi connectivity index (χ2v) is 8.06. The lowest BCUT2D eigenvalue weighted by molar-refractivity contribution is -0.120. The summed E-state index contributed by atoms with van der Waals surface area (Å²) in [5.41, 5.74) is 0.152. The van der Waals surface area contributed by atoms with Crippen LogP contribution in [-0.2, 0) is 4.79 Å². The molecule has 0 saturated heterocycles. The monoisotopic (exact) mass is 408 g/mol. The number of H-pyrrole nitrogens is 1. The van der Waals surface area contributed by atoms with Crippen molar-refractivity contribution in [2.45, 2.75) is 42.8 Å². The number of nitrogens with zero attached hydrogens (tertiary/aromatic N) is 4. The minimum Gasteiger partial charge on any atom is -0.337 e. The van der Waals surface area contributed by atoms with Crippen molar-refractivity contribution in [3.8, 4) is 11.8 Å². The summed E-state index contributed by atoms with van der Waals surface area (Å²) in [4.78, 5) is 32.0. The molecule has 9 heteroatoms. The average molecular weight is 408 g/mol. The third-order valence-electron chi connectivity index (χ3n) is 5.06. The van der Waals surface area contributed by atoms with Crippen molar-refractivity contribution in [3.63, 3.8) is 0 Å². The number of rotatable bonds is 5. The number of nitriles is 1. The van der Waals surface area contributed by atoms with E-state index in [-0.39, 0.29) is 17.2 Å². The maximum atomic E-state index is 12.4. The molecular formula is C20H20N6O2S. The van der Waals surface area contributed by atoms with Crippen LogP contribution in [0.1, 0.15) is 32.1 Å². The highest BCUT2D eigenvalue weighted by atomic mass is 32.2. The molecule has 1 aliphatic carbocycles. The van der Waals surface area contributed by atoms with Crippen molar-refractivity contribution >= 4 is 28.7 Å². The third kappa shape index (κ3) is 4.03.